The Bertz CT molecular complexity index is 465. The molecule has 3 nitrogen and oxygen atoms in total. The van der Waals surface area contributed by atoms with Crippen molar-refractivity contribution >= 4 is 5.97 Å². The Morgan fingerprint density at radius 2 is 2.17 bits per heavy atom. The second kappa shape index (κ2) is 6.75. The van der Waals surface area contributed by atoms with Crippen LogP contribution in [0.3, 0.4) is 0 Å². The predicted molar refractivity (Wildman–Crippen MR) is 65.4 cm³/mol. The van der Waals surface area contributed by atoms with E-state index >= 15 is 0 Å². The molecule has 0 radical (unpaired) electrons. The fourth-order valence-electron chi connectivity index (χ4n) is 1.83. The molecule has 1 aromatic carbocycles. The zero-order chi connectivity index (χ0) is 13.5. The lowest BCUT2D eigenvalue weighted by atomic mass is 9.93. The molecule has 0 N–H and O–H groups in total. The maximum absolute atomic E-state index is 13.4. The zero-order valence-electron chi connectivity index (χ0n) is 10.6. The number of rotatable bonds is 5. The Kier molecular flexibility index (Phi) is 5.31. The van der Waals surface area contributed by atoms with Crippen molar-refractivity contribution in [1.29, 1.82) is 5.26 Å². The number of nitrogens with zero attached hydrogens (tertiary/aromatic N) is 1. The van der Waals surface area contributed by atoms with Gasteiger partial charge in [0.15, 0.2) is 0 Å². The van der Waals surface area contributed by atoms with Gasteiger partial charge in [-0.15, -0.1) is 0 Å². The van der Waals surface area contributed by atoms with Crippen LogP contribution in [-0.2, 0) is 9.53 Å². The minimum absolute atomic E-state index is 0.218. The number of ether oxygens (including phenoxy) is 1. The summed E-state index contributed by atoms with van der Waals surface area (Å²) in [5.74, 6) is -1.37. The van der Waals surface area contributed by atoms with Gasteiger partial charge in [0.2, 0.25) is 0 Å². The summed E-state index contributed by atoms with van der Waals surface area (Å²) >= 11 is 0. The molecule has 0 aliphatic carbocycles. The fourth-order valence-corrected chi connectivity index (χ4v) is 1.83. The van der Waals surface area contributed by atoms with Crippen molar-refractivity contribution in [3.63, 3.8) is 0 Å². The average molecular weight is 249 g/mol. The molecule has 0 saturated carbocycles. The first-order chi connectivity index (χ1) is 8.62. The van der Waals surface area contributed by atoms with E-state index in [0.29, 0.717) is 18.6 Å². The maximum Gasteiger partial charge on any atom is 0.313 e. The normalized spacial score (nSPS) is 11.7. The van der Waals surface area contributed by atoms with Gasteiger partial charge in [0.25, 0.3) is 0 Å². The monoisotopic (exact) mass is 249 g/mol. The molecule has 0 aliphatic rings. The molecule has 0 spiro atoms. The van der Waals surface area contributed by atoms with Crippen molar-refractivity contribution in [2.75, 3.05) is 6.61 Å². The second-order valence-corrected chi connectivity index (χ2v) is 3.98. The van der Waals surface area contributed by atoms with Crippen LogP contribution in [0.2, 0.25) is 0 Å². The van der Waals surface area contributed by atoms with Crippen molar-refractivity contribution in [2.45, 2.75) is 32.6 Å². The molecule has 0 fully saturated rings. The highest BCUT2D eigenvalue weighted by atomic mass is 19.1. The van der Waals surface area contributed by atoms with E-state index < -0.39 is 11.7 Å². The highest BCUT2D eigenvalue weighted by molar-refractivity contribution is 5.78. The average Bonchev–Trinajstić information content (AvgIpc) is 2.35. The molecular formula is C14H16FNO2. The Morgan fingerprint density at radius 3 is 2.72 bits per heavy atom. The summed E-state index contributed by atoms with van der Waals surface area (Å²) in [6, 6.07) is 5.87. The minimum Gasteiger partial charge on any atom is -0.466 e. The van der Waals surface area contributed by atoms with Crippen molar-refractivity contribution in [3.05, 3.63) is 35.1 Å². The molecule has 0 saturated heterocycles. The van der Waals surface area contributed by atoms with Crippen molar-refractivity contribution in [3.8, 4) is 6.07 Å². The van der Waals surface area contributed by atoms with E-state index in [2.05, 4.69) is 0 Å². The van der Waals surface area contributed by atoms with Gasteiger partial charge < -0.3 is 4.74 Å². The van der Waals surface area contributed by atoms with E-state index in [1.165, 1.54) is 6.07 Å². The summed E-state index contributed by atoms with van der Waals surface area (Å²) in [5.41, 5.74) is 0.724. The first-order valence-corrected chi connectivity index (χ1v) is 5.99. The van der Waals surface area contributed by atoms with Gasteiger partial charge in [-0.1, -0.05) is 13.3 Å². The van der Waals surface area contributed by atoms with E-state index in [9.17, 15) is 9.18 Å². The van der Waals surface area contributed by atoms with Gasteiger partial charge in [-0.2, -0.15) is 5.26 Å². The quantitative estimate of drug-likeness (QED) is 0.753. The van der Waals surface area contributed by atoms with Crippen LogP contribution in [0.1, 0.15) is 43.7 Å². The SMILES string of the molecule is CCCC(C(=O)OCC)c1cc(F)cc(C#N)c1. The van der Waals surface area contributed by atoms with Crippen LogP contribution in [0.4, 0.5) is 4.39 Å². The Labute approximate surface area is 106 Å². The van der Waals surface area contributed by atoms with Gasteiger partial charge >= 0.3 is 5.97 Å². The number of halogens is 1. The molecule has 4 heteroatoms. The Morgan fingerprint density at radius 1 is 1.44 bits per heavy atom. The van der Waals surface area contributed by atoms with Crippen molar-refractivity contribution in [2.24, 2.45) is 0 Å². The highest BCUT2D eigenvalue weighted by Crippen LogP contribution is 2.24. The molecule has 0 aliphatic heterocycles. The number of esters is 1. The molecule has 1 aromatic rings. The van der Waals surface area contributed by atoms with Crippen LogP contribution in [0.15, 0.2) is 18.2 Å². The van der Waals surface area contributed by atoms with E-state index in [4.69, 9.17) is 10.00 Å². The molecular weight excluding hydrogens is 233 g/mol. The van der Waals surface area contributed by atoms with Crippen LogP contribution in [0.25, 0.3) is 0 Å². The van der Waals surface area contributed by atoms with Gasteiger partial charge in [0, 0.05) is 0 Å². The number of nitriles is 1. The first kappa shape index (κ1) is 14.2. The fraction of sp³-hybridized carbons (Fsp3) is 0.429. The number of hydrogen-bond acceptors (Lipinski definition) is 3. The van der Waals surface area contributed by atoms with Crippen molar-refractivity contribution in [1.82, 2.24) is 0 Å². The van der Waals surface area contributed by atoms with Crippen LogP contribution >= 0.6 is 0 Å². The van der Waals surface area contributed by atoms with E-state index in [0.717, 1.165) is 12.5 Å². The summed E-state index contributed by atoms with van der Waals surface area (Å²) < 4.78 is 18.3. The third-order valence-electron chi connectivity index (χ3n) is 2.60. The second-order valence-electron chi connectivity index (χ2n) is 3.98. The molecule has 96 valence electrons. The van der Waals surface area contributed by atoms with Gasteiger partial charge in [0.05, 0.1) is 24.2 Å². The Hall–Kier alpha value is -1.89. The number of hydrogen-bond donors (Lipinski definition) is 0. The lowest BCUT2D eigenvalue weighted by molar-refractivity contribution is -0.145. The molecule has 0 amide bonds. The van der Waals surface area contributed by atoms with Crippen LogP contribution in [-0.4, -0.2) is 12.6 Å². The predicted octanol–water partition coefficient (Wildman–Crippen LogP) is 3.14. The summed E-state index contributed by atoms with van der Waals surface area (Å²) in [6.45, 7) is 3.96. The molecule has 0 aromatic heterocycles. The molecule has 0 bridgehead atoms. The summed E-state index contributed by atoms with van der Waals surface area (Å²) in [5, 5.41) is 8.81. The van der Waals surface area contributed by atoms with E-state index in [1.54, 1.807) is 13.0 Å². The number of carbonyl (C=O) groups excluding carboxylic acids is 1. The van der Waals surface area contributed by atoms with Gasteiger partial charge in [-0.3, -0.25) is 4.79 Å². The highest BCUT2D eigenvalue weighted by Gasteiger charge is 2.22. The third-order valence-corrected chi connectivity index (χ3v) is 2.60. The smallest absolute Gasteiger partial charge is 0.313 e. The topological polar surface area (TPSA) is 50.1 Å². The van der Waals surface area contributed by atoms with Gasteiger partial charge in [-0.25, -0.2) is 4.39 Å². The summed E-state index contributed by atoms with van der Waals surface area (Å²) in [4.78, 5) is 11.8. The van der Waals surface area contributed by atoms with Gasteiger partial charge in [0.1, 0.15) is 5.82 Å². The summed E-state index contributed by atoms with van der Waals surface area (Å²) in [6.07, 6.45) is 1.36. The molecule has 1 rings (SSSR count). The first-order valence-electron chi connectivity index (χ1n) is 5.99. The van der Waals surface area contributed by atoms with Crippen LogP contribution < -0.4 is 0 Å². The molecule has 0 heterocycles. The number of carbonyl (C=O) groups is 1. The third kappa shape index (κ3) is 3.56. The summed E-state index contributed by atoms with van der Waals surface area (Å²) in [7, 11) is 0. The molecule has 1 unspecified atom stereocenters. The lowest BCUT2D eigenvalue weighted by Crippen LogP contribution is -2.16. The van der Waals surface area contributed by atoms with E-state index in [-0.39, 0.29) is 11.5 Å². The minimum atomic E-state index is -0.505. The lowest BCUT2D eigenvalue weighted by Gasteiger charge is -2.15. The molecule has 1 atom stereocenters. The largest absolute Gasteiger partial charge is 0.466 e. The van der Waals surface area contributed by atoms with Crippen LogP contribution in [0.5, 0.6) is 0 Å². The Balaban J connectivity index is 3.09. The van der Waals surface area contributed by atoms with Crippen LogP contribution in [0, 0.1) is 17.1 Å². The number of benzene rings is 1. The molecule has 18 heavy (non-hydrogen) atoms. The van der Waals surface area contributed by atoms with E-state index in [1.807, 2.05) is 13.0 Å². The van der Waals surface area contributed by atoms with Gasteiger partial charge in [-0.05, 0) is 37.1 Å². The zero-order valence-corrected chi connectivity index (χ0v) is 10.6. The maximum atomic E-state index is 13.4. The van der Waals surface area contributed by atoms with Crippen molar-refractivity contribution < 1.29 is 13.9 Å². The standard InChI is InChI=1S/C14H16FNO2/c1-3-5-13(14(17)18-4-2)11-6-10(9-16)7-12(15)8-11/h6-8,13H,3-5H2,1-2H3.